The standard InChI is InChI=1S/C23H19N3O/c1-15-12-13-19(16(2)14-15)25-23(27)21-18-10-6-7-11-20(18)24-22(26-21)17-8-4-3-5-9-17/h3-14H,1-2H3,(H,25,27). The van der Waals surface area contributed by atoms with Gasteiger partial charge in [0.1, 0.15) is 5.69 Å². The Balaban J connectivity index is 1.81. The van der Waals surface area contributed by atoms with E-state index in [1.54, 1.807) is 0 Å². The fourth-order valence-electron chi connectivity index (χ4n) is 3.10. The van der Waals surface area contributed by atoms with Crippen molar-refractivity contribution in [3.8, 4) is 11.4 Å². The smallest absolute Gasteiger partial charge is 0.275 e. The SMILES string of the molecule is Cc1ccc(NC(=O)c2nc(-c3ccccc3)nc3ccccc23)c(C)c1. The van der Waals surface area contributed by atoms with Crippen LogP contribution in [-0.4, -0.2) is 15.9 Å². The molecule has 4 heteroatoms. The van der Waals surface area contributed by atoms with Crippen LogP contribution in [0.15, 0.2) is 72.8 Å². The second-order valence-electron chi connectivity index (χ2n) is 6.55. The third-order valence-corrected chi connectivity index (χ3v) is 4.48. The van der Waals surface area contributed by atoms with Crippen LogP contribution in [-0.2, 0) is 0 Å². The van der Waals surface area contributed by atoms with Gasteiger partial charge in [-0.3, -0.25) is 4.79 Å². The van der Waals surface area contributed by atoms with Crippen LogP contribution < -0.4 is 5.32 Å². The van der Waals surface area contributed by atoms with Crippen molar-refractivity contribution in [3.05, 3.63) is 89.6 Å². The van der Waals surface area contributed by atoms with Crippen LogP contribution in [0.3, 0.4) is 0 Å². The molecule has 132 valence electrons. The Hall–Kier alpha value is -3.53. The van der Waals surface area contributed by atoms with Gasteiger partial charge < -0.3 is 5.32 Å². The quantitative estimate of drug-likeness (QED) is 0.553. The first kappa shape index (κ1) is 16.9. The molecule has 3 aromatic carbocycles. The van der Waals surface area contributed by atoms with Gasteiger partial charge in [0.15, 0.2) is 5.82 Å². The molecule has 1 N–H and O–H groups in total. The minimum atomic E-state index is -0.238. The molecule has 4 nitrogen and oxygen atoms in total. The minimum absolute atomic E-state index is 0.238. The first-order chi connectivity index (χ1) is 13.1. The summed E-state index contributed by atoms with van der Waals surface area (Å²) in [6.07, 6.45) is 0. The number of amides is 1. The van der Waals surface area contributed by atoms with Gasteiger partial charge in [-0.15, -0.1) is 0 Å². The number of para-hydroxylation sites is 1. The van der Waals surface area contributed by atoms with E-state index in [0.29, 0.717) is 11.5 Å². The van der Waals surface area contributed by atoms with Gasteiger partial charge in [-0.1, -0.05) is 66.2 Å². The molecule has 4 aromatic rings. The van der Waals surface area contributed by atoms with Gasteiger partial charge in [-0.2, -0.15) is 0 Å². The highest BCUT2D eigenvalue weighted by atomic mass is 16.1. The van der Waals surface area contributed by atoms with Gasteiger partial charge >= 0.3 is 0 Å². The van der Waals surface area contributed by atoms with E-state index in [1.807, 2.05) is 86.6 Å². The lowest BCUT2D eigenvalue weighted by molar-refractivity contribution is 0.102. The molecule has 0 saturated carbocycles. The number of aromatic nitrogens is 2. The lowest BCUT2D eigenvalue weighted by Gasteiger charge is -2.11. The van der Waals surface area contributed by atoms with Gasteiger partial charge in [-0.25, -0.2) is 9.97 Å². The van der Waals surface area contributed by atoms with Crippen LogP contribution in [0, 0.1) is 13.8 Å². The largest absolute Gasteiger partial charge is 0.320 e. The topological polar surface area (TPSA) is 54.9 Å². The average molecular weight is 353 g/mol. The van der Waals surface area contributed by atoms with Crippen LogP contribution in [0.2, 0.25) is 0 Å². The first-order valence-corrected chi connectivity index (χ1v) is 8.82. The van der Waals surface area contributed by atoms with Crippen molar-refractivity contribution in [2.45, 2.75) is 13.8 Å². The van der Waals surface area contributed by atoms with E-state index < -0.39 is 0 Å². The van der Waals surface area contributed by atoms with Crippen LogP contribution in [0.4, 0.5) is 5.69 Å². The van der Waals surface area contributed by atoms with Crippen LogP contribution in [0.25, 0.3) is 22.3 Å². The summed E-state index contributed by atoms with van der Waals surface area (Å²) < 4.78 is 0. The summed E-state index contributed by atoms with van der Waals surface area (Å²) in [5, 5.41) is 3.73. The molecule has 1 aromatic heterocycles. The van der Waals surface area contributed by atoms with Crippen molar-refractivity contribution in [1.82, 2.24) is 9.97 Å². The van der Waals surface area contributed by atoms with Crippen LogP contribution in [0.1, 0.15) is 21.6 Å². The number of rotatable bonds is 3. The van der Waals surface area contributed by atoms with Gasteiger partial charge in [0, 0.05) is 16.6 Å². The van der Waals surface area contributed by atoms with E-state index >= 15 is 0 Å². The fourth-order valence-corrected chi connectivity index (χ4v) is 3.10. The highest BCUT2D eigenvalue weighted by molar-refractivity contribution is 6.11. The molecule has 0 aliphatic heterocycles. The Kier molecular flexibility index (Phi) is 4.38. The number of nitrogens with one attached hydrogen (secondary N) is 1. The summed E-state index contributed by atoms with van der Waals surface area (Å²) in [6.45, 7) is 4.01. The zero-order valence-corrected chi connectivity index (χ0v) is 15.2. The maximum absolute atomic E-state index is 13.0. The molecule has 0 aliphatic rings. The summed E-state index contributed by atoms with van der Waals surface area (Å²) in [5.41, 5.74) is 4.96. The minimum Gasteiger partial charge on any atom is -0.320 e. The Labute approximate surface area is 157 Å². The monoisotopic (exact) mass is 353 g/mol. The molecule has 0 spiro atoms. The molecule has 0 aliphatic carbocycles. The van der Waals surface area contributed by atoms with Crippen molar-refractivity contribution in [3.63, 3.8) is 0 Å². The Morgan fingerprint density at radius 2 is 1.59 bits per heavy atom. The number of carbonyl (C=O) groups is 1. The lowest BCUT2D eigenvalue weighted by atomic mass is 10.1. The third kappa shape index (κ3) is 3.42. The Bertz CT molecular complexity index is 1140. The van der Waals surface area contributed by atoms with Crippen molar-refractivity contribution < 1.29 is 4.79 Å². The van der Waals surface area contributed by atoms with Gasteiger partial charge in [0.2, 0.25) is 0 Å². The highest BCUT2D eigenvalue weighted by Crippen LogP contribution is 2.23. The number of aryl methyl sites for hydroxylation is 2. The van der Waals surface area contributed by atoms with Crippen molar-refractivity contribution >= 4 is 22.5 Å². The zero-order chi connectivity index (χ0) is 18.8. The van der Waals surface area contributed by atoms with E-state index in [1.165, 1.54) is 0 Å². The van der Waals surface area contributed by atoms with E-state index in [2.05, 4.69) is 15.3 Å². The summed E-state index contributed by atoms with van der Waals surface area (Å²) in [7, 11) is 0. The first-order valence-electron chi connectivity index (χ1n) is 8.82. The molecule has 0 radical (unpaired) electrons. The maximum Gasteiger partial charge on any atom is 0.275 e. The molecular weight excluding hydrogens is 334 g/mol. The second kappa shape index (κ2) is 7.00. The normalized spacial score (nSPS) is 10.7. The summed E-state index contributed by atoms with van der Waals surface area (Å²) in [5.74, 6) is 0.304. The molecule has 4 rings (SSSR count). The van der Waals surface area contributed by atoms with Crippen molar-refractivity contribution in [1.29, 1.82) is 0 Å². The summed E-state index contributed by atoms with van der Waals surface area (Å²) in [6, 6.07) is 23.2. The second-order valence-corrected chi connectivity index (χ2v) is 6.55. The molecule has 0 saturated heterocycles. The van der Waals surface area contributed by atoms with Gasteiger partial charge in [0.05, 0.1) is 5.52 Å². The predicted octanol–water partition coefficient (Wildman–Crippen LogP) is 5.17. The average Bonchev–Trinajstić information content (AvgIpc) is 2.70. The molecule has 0 bridgehead atoms. The Morgan fingerprint density at radius 1 is 0.852 bits per heavy atom. The number of fused-ring (bicyclic) bond motifs is 1. The fraction of sp³-hybridized carbons (Fsp3) is 0.0870. The van der Waals surface area contributed by atoms with Gasteiger partial charge in [-0.05, 0) is 31.5 Å². The third-order valence-electron chi connectivity index (χ3n) is 4.48. The van der Waals surface area contributed by atoms with E-state index in [4.69, 9.17) is 0 Å². The molecule has 0 unspecified atom stereocenters. The molecular formula is C23H19N3O. The van der Waals surface area contributed by atoms with Crippen LogP contribution >= 0.6 is 0 Å². The highest BCUT2D eigenvalue weighted by Gasteiger charge is 2.16. The Morgan fingerprint density at radius 3 is 2.37 bits per heavy atom. The van der Waals surface area contributed by atoms with Crippen LogP contribution in [0.5, 0.6) is 0 Å². The maximum atomic E-state index is 13.0. The predicted molar refractivity (Wildman–Crippen MR) is 109 cm³/mol. The van der Waals surface area contributed by atoms with Gasteiger partial charge in [0.25, 0.3) is 5.91 Å². The molecule has 0 fully saturated rings. The van der Waals surface area contributed by atoms with E-state index in [0.717, 1.165) is 33.3 Å². The number of anilines is 1. The lowest BCUT2D eigenvalue weighted by Crippen LogP contribution is -2.16. The molecule has 1 heterocycles. The van der Waals surface area contributed by atoms with Crippen molar-refractivity contribution in [2.75, 3.05) is 5.32 Å². The summed E-state index contributed by atoms with van der Waals surface area (Å²) in [4.78, 5) is 22.3. The van der Waals surface area contributed by atoms with E-state index in [-0.39, 0.29) is 5.91 Å². The number of nitrogens with zero attached hydrogens (tertiary/aromatic N) is 2. The number of hydrogen-bond acceptors (Lipinski definition) is 3. The zero-order valence-electron chi connectivity index (χ0n) is 15.2. The number of hydrogen-bond donors (Lipinski definition) is 1. The van der Waals surface area contributed by atoms with Crippen molar-refractivity contribution in [2.24, 2.45) is 0 Å². The number of benzene rings is 3. The number of carbonyl (C=O) groups excluding carboxylic acids is 1. The van der Waals surface area contributed by atoms with E-state index in [9.17, 15) is 4.79 Å². The summed E-state index contributed by atoms with van der Waals surface area (Å²) >= 11 is 0. The molecule has 1 amide bonds. The molecule has 0 atom stereocenters. The molecule has 27 heavy (non-hydrogen) atoms.